The molecule has 1 aliphatic carbocycles. The van der Waals surface area contributed by atoms with Gasteiger partial charge in [-0.05, 0) is 25.7 Å². The molecule has 2 aliphatic rings. The fourth-order valence-corrected chi connectivity index (χ4v) is 5.58. The summed E-state index contributed by atoms with van der Waals surface area (Å²) in [5, 5.41) is 3.75. The van der Waals surface area contributed by atoms with Crippen molar-refractivity contribution < 1.29 is 23.7 Å². The summed E-state index contributed by atoms with van der Waals surface area (Å²) >= 11 is 0. The lowest BCUT2D eigenvalue weighted by Crippen LogP contribution is -2.38. The largest absolute Gasteiger partial charge is 0.383 e. The molecule has 0 aromatic carbocycles. The second-order valence-corrected chi connectivity index (χ2v) is 10.9. The highest BCUT2D eigenvalue weighted by atomic mass is 16.5. The summed E-state index contributed by atoms with van der Waals surface area (Å²) in [5.41, 5.74) is 1.48. The van der Waals surface area contributed by atoms with Crippen molar-refractivity contribution in [2.24, 2.45) is 0 Å². The topological polar surface area (TPSA) is 119 Å². The molecule has 4 rings (SSSR count). The summed E-state index contributed by atoms with van der Waals surface area (Å²) in [6, 6.07) is 0.347. The Kier molecular flexibility index (Phi) is 13.0. The maximum absolute atomic E-state index is 5.67. The fraction of sp³-hybridized carbons (Fsp3) is 0.793. The Morgan fingerprint density at radius 2 is 1.17 bits per heavy atom. The monoisotopic (exact) mass is 590 g/mol. The second kappa shape index (κ2) is 16.9. The third-order valence-electron chi connectivity index (χ3n) is 8.10. The van der Waals surface area contributed by atoms with Crippen molar-refractivity contribution in [3.63, 3.8) is 0 Å². The molecule has 3 heterocycles. The molecule has 0 spiro atoms. The number of fused-ring (bicyclic) bond motifs is 1. The van der Waals surface area contributed by atoms with Crippen LogP contribution in [0.4, 0.5) is 23.5 Å². The predicted octanol–water partition coefficient (Wildman–Crippen LogP) is 2.59. The van der Waals surface area contributed by atoms with E-state index in [0.717, 1.165) is 61.4 Å². The van der Waals surface area contributed by atoms with E-state index in [-0.39, 0.29) is 6.10 Å². The molecule has 2 fully saturated rings. The number of piperidine rings is 1. The number of nitrogens with zero attached hydrogens (tertiary/aromatic N) is 7. The van der Waals surface area contributed by atoms with Crippen LogP contribution in [0.3, 0.4) is 0 Å². The Morgan fingerprint density at radius 1 is 0.667 bits per heavy atom. The van der Waals surface area contributed by atoms with Crippen LogP contribution in [-0.4, -0.2) is 133 Å². The number of hydrogen-bond donors (Lipinski definition) is 1. The normalized spacial score (nSPS) is 16.5. The molecule has 13 nitrogen and oxygen atoms in total. The van der Waals surface area contributed by atoms with Gasteiger partial charge in [0.25, 0.3) is 0 Å². The summed E-state index contributed by atoms with van der Waals surface area (Å²) in [6.45, 7) is 6.42. The molecule has 0 radical (unpaired) electrons. The van der Waals surface area contributed by atoms with Crippen LogP contribution < -0.4 is 20.0 Å². The van der Waals surface area contributed by atoms with E-state index in [1.807, 2.05) is 0 Å². The van der Waals surface area contributed by atoms with E-state index in [9.17, 15) is 0 Å². The van der Waals surface area contributed by atoms with Crippen LogP contribution in [-0.2, 0) is 23.7 Å². The van der Waals surface area contributed by atoms with Crippen molar-refractivity contribution in [3.8, 4) is 0 Å². The molecule has 1 saturated heterocycles. The molecule has 0 atom stereocenters. The Labute approximate surface area is 250 Å². The predicted molar refractivity (Wildman–Crippen MR) is 165 cm³/mol. The van der Waals surface area contributed by atoms with Gasteiger partial charge in [0.15, 0.2) is 11.6 Å². The smallest absolute Gasteiger partial charge is 0.228 e. The Bertz CT molecular complexity index is 1070. The first-order valence-corrected chi connectivity index (χ1v) is 15.2. The van der Waals surface area contributed by atoms with Crippen LogP contribution in [0.1, 0.15) is 38.5 Å². The van der Waals surface area contributed by atoms with Gasteiger partial charge in [0.1, 0.15) is 11.0 Å². The standard InChI is InChI=1S/C29H50N8O5/c1-38-18-14-36(15-19-39-2)28-32-25-24(26(33-28)30-22-8-6-7-9-22)31-29(37(16-20-40-3)17-21-41-4)34-27(25)35-12-10-23(42-5)11-13-35/h22-23H,6-21H2,1-5H3,(H,30,32,33). The average Bonchev–Trinajstić information content (AvgIpc) is 3.54. The van der Waals surface area contributed by atoms with E-state index >= 15 is 0 Å². The number of ether oxygens (including phenoxy) is 5. The van der Waals surface area contributed by atoms with Gasteiger partial charge < -0.3 is 43.7 Å². The first-order chi connectivity index (χ1) is 20.6. The van der Waals surface area contributed by atoms with Crippen LogP contribution >= 0.6 is 0 Å². The van der Waals surface area contributed by atoms with E-state index in [4.69, 9.17) is 43.6 Å². The fourth-order valence-electron chi connectivity index (χ4n) is 5.58. The molecule has 1 N–H and O–H groups in total. The molecule has 1 aliphatic heterocycles. The van der Waals surface area contributed by atoms with Crippen LogP contribution in [0.25, 0.3) is 11.0 Å². The number of rotatable bonds is 18. The average molecular weight is 591 g/mol. The van der Waals surface area contributed by atoms with E-state index < -0.39 is 0 Å². The lowest BCUT2D eigenvalue weighted by atomic mass is 10.1. The lowest BCUT2D eigenvalue weighted by Gasteiger charge is -2.33. The SMILES string of the molecule is COCCN(CCOC)c1nc(N2CCC(OC)CC2)c2nc(N(CCOC)CCOC)nc(NC3CCCC3)c2n1. The molecule has 42 heavy (non-hydrogen) atoms. The molecule has 236 valence electrons. The highest BCUT2D eigenvalue weighted by Gasteiger charge is 2.28. The maximum Gasteiger partial charge on any atom is 0.228 e. The van der Waals surface area contributed by atoms with Gasteiger partial charge in [0.05, 0.1) is 32.5 Å². The number of hydrogen-bond acceptors (Lipinski definition) is 13. The van der Waals surface area contributed by atoms with Crippen molar-refractivity contribution >= 4 is 34.6 Å². The van der Waals surface area contributed by atoms with E-state index in [0.29, 0.717) is 70.5 Å². The van der Waals surface area contributed by atoms with Gasteiger partial charge in [0.2, 0.25) is 11.9 Å². The first-order valence-electron chi connectivity index (χ1n) is 15.2. The Balaban J connectivity index is 1.87. The summed E-state index contributed by atoms with van der Waals surface area (Å²) < 4.78 is 27.4. The zero-order chi connectivity index (χ0) is 29.7. The highest BCUT2D eigenvalue weighted by molar-refractivity contribution is 5.95. The third-order valence-corrected chi connectivity index (χ3v) is 8.10. The van der Waals surface area contributed by atoms with Crippen molar-refractivity contribution in [2.75, 3.05) is 121 Å². The molecule has 13 heteroatoms. The van der Waals surface area contributed by atoms with Crippen LogP contribution in [0.5, 0.6) is 0 Å². The molecule has 0 bridgehead atoms. The zero-order valence-corrected chi connectivity index (χ0v) is 26.1. The van der Waals surface area contributed by atoms with Gasteiger partial charge in [-0.1, -0.05) is 12.8 Å². The summed E-state index contributed by atoms with van der Waals surface area (Å²) in [4.78, 5) is 27.1. The van der Waals surface area contributed by atoms with Crippen LogP contribution in [0, 0.1) is 0 Å². The number of methoxy groups -OCH3 is 5. The number of aromatic nitrogens is 4. The number of nitrogens with one attached hydrogen (secondary N) is 1. The number of anilines is 4. The van der Waals surface area contributed by atoms with E-state index in [2.05, 4.69) is 20.0 Å². The van der Waals surface area contributed by atoms with Crippen molar-refractivity contribution in [1.82, 2.24) is 19.9 Å². The highest BCUT2D eigenvalue weighted by Crippen LogP contribution is 2.34. The van der Waals surface area contributed by atoms with Gasteiger partial charge in [-0.25, -0.2) is 9.97 Å². The molecule has 2 aromatic heterocycles. The van der Waals surface area contributed by atoms with Gasteiger partial charge in [-0.3, -0.25) is 0 Å². The summed E-state index contributed by atoms with van der Waals surface area (Å²) in [6.07, 6.45) is 6.74. The molecule has 0 unspecified atom stereocenters. The third kappa shape index (κ3) is 8.50. The minimum absolute atomic E-state index is 0.247. The molecule has 2 aromatic rings. The summed E-state index contributed by atoms with van der Waals surface area (Å²) in [7, 11) is 8.62. The van der Waals surface area contributed by atoms with Crippen LogP contribution in [0.15, 0.2) is 0 Å². The van der Waals surface area contributed by atoms with Gasteiger partial charge in [-0.2, -0.15) is 9.97 Å². The van der Waals surface area contributed by atoms with E-state index in [1.54, 1.807) is 35.5 Å². The van der Waals surface area contributed by atoms with Crippen molar-refractivity contribution in [2.45, 2.75) is 50.7 Å². The second-order valence-electron chi connectivity index (χ2n) is 10.9. The van der Waals surface area contributed by atoms with Crippen molar-refractivity contribution in [3.05, 3.63) is 0 Å². The lowest BCUT2D eigenvalue weighted by molar-refractivity contribution is 0.0818. The molecule has 0 amide bonds. The van der Waals surface area contributed by atoms with Gasteiger partial charge >= 0.3 is 0 Å². The van der Waals surface area contributed by atoms with Crippen molar-refractivity contribution in [1.29, 1.82) is 0 Å². The van der Waals surface area contributed by atoms with Gasteiger partial charge in [-0.15, -0.1) is 0 Å². The Hall–Kier alpha value is -2.58. The molecular formula is C29H50N8O5. The Morgan fingerprint density at radius 3 is 1.67 bits per heavy atom. The first kappa shape index (κ1) is 32.3. The molecule has 1 saturated carbocycles. The maximum atomic E-state index is 5.67. The minimum atomic E-state index is 0.247. The minimum Gasteiger partial charge on any atom is -0.383 e. The summed E-state index contributed by atoms with van der Waals surface area (Å²) in [5.74, 6) is 2.82. The van der Waals surface area contributed by atoms with Crippen LogP contribution in [0.2, 0.25) is 0 Å². The van der Waals surface area contributed by atoms with Gasteiger partial charge in [0, 0.05) is 80.9 Å². The molecular weight excluding hydrogens is 540 g/mol. The van der Waals surface area contributed by atoms with E-state index in [1.165, 1.54) is 12.8 Å². The zero-order valence-electron chi connectivity index (χ0n) is 26.1. The quantitative estimate of drug-likeness (QED) is 0.274.